The van der Waals surface area contributed by atoms with Gasteiger partial charge in [-0.25, -0.2) is 0 Å². The van der Waals surface area contributed by atoms with Crippen LogP contribution in [-0.2, 0) is 0 Å². The summed E-state index contributed by atoms with van der Waals surface area (Å²) in [6, 6.07) is -0.336. The molecule has 1 nitrogen and oxygen atoms in total. The van der Waals surface area contributed by atoms with Crippen molar-refractivity contribution in [3.8, 4) is 0 Å². The second kappa shape index (κ2) is 6.96. The van der Waals surface area contributed by atoms with E-state index in [0.717, 1.165) is 19.4 Å². The van der Waals surface area contributed by atoms with Crippen LogP contribution in [0.3, 0.4) is 0 Å². The van der Waals surface area contributed by atoms with Crippen molar-refractivity contribution >= 4 is 0 Å². The highest BCUT2D eigenvalue weighted by Gasteiger charge is 2.45. The van der Waals surface area contributed by atoms with Gasteiger partial charge in [-0.3, -0.25) is 0 Å². The molecule has 2 aliphatic carbocycles. The molecule has 2 rings (SSSR count). The number of halogens is 3. The van der Waals surface area contributed by atoms with Gasteiger partial charge >= 0.3 is 6.18 Å². The highest BCUT2D eigenvalue weighted by atomic mass is 19.4. The summed E-state index contributed by atoms with van der Waals surface area (Å²) in [5.41, 5.74) is 0. The molecule has 2 saturated carbocycles. The Balaban J connectivity index is 1.82. The Labute approximate surface area is 114 Å². The Hall–Kier alpha value is -0.250. The van der Waals surface area contributed by atoms with Crippen molar-refractivity contribution in [1.29, 1.82) is 0 Å². The van der Waals surface area contributed by atoms with Gasteiger partial charge in [0, 0.05) is 6.04 Å². The lowest BCUT2D eigenvalue weighted by Gasteiger charge is -2.34. The van der Waals surface area contributed by atoms with E-state index in [1.165, 1.54) is 38.5 Å². The van der Waals surface area contributed by atoms with E-state index in [9.17, 15) is 13.2 Å². The van der Waals surface area contributed by atoms with Crippen molar-refractivity contribution in [2.24, 2.45) is 11.8 Å². The second-order valence-corrected chi connectivity index (χ2v) is 6.30. The van der Waals surface area contributed by atoms with Crippen molar-refractivity contribution in [3.63, 3.8) is 0 Å². The summed E-state index contributed by atoms with van der Waals surface area (Å²) >= 11 is 0. The Morgan fingerprint density at radius 3 is 2.00 bits per heavy atom. The van der Waals surface area contributed by atoms with Crippen molar-refractivity contribution in [2.45, 2.75) is 76.4 Å². The molecule has 112 valence electrons. The lowest BCUT2D eigenvalue weighted by molar-refractivity contribution is -0.189. The van der Waals surface area contributed by atoms with Crippen molar-refractivity contribution in [2.75, 3.05) is 6.54 Å². The van der Waals surface area contributed by atoms with E-state index in [-0.39, 0.29) is 6.04 Å². The molecule has 2 fully saturated rings. The van der Waals surface area contributed by atoms with Gasteiger partial charge < -0.3 is 5.32 Å². The monoisotopic (exact) mass is 277 g/mol. The lowest BCUT2D eigenvalue weighted by atomic mass is 9.83. The van der Waals surface area contributed by atoms with Gasteiger partial charge in [0.25, 0.3) is 0 Å². The Morgan fingerprint density at radius 2 is 1.37 bits per heavy atom. The van der Waals surface area contributed by atoms with Crippen molar-refractivity contribution in [1.82, 2.24) is 5.32 Å². The van der Waals surface area contributed by atoms with Gasteiger partial charge in [0.2, 0.25) is 0 Å². The molecule has 2 atom stereocenters. The Morgan fingerprint density at radius 1 is 0.789 bits per heavy atom. The summed E-state index contributed by atoms with van der Waals surface area (Å²) in [7, 11) is 0. The predicted molar refractivity (Wildman–Crippen MR) is 71.0 cm³/mol. The first kappa shape index (κ1) is 15.1. The fraction of sp³-hybridized carbons (Fsp3) is 1.00. The largest absolute Gasteiger partial charge is 0.393 e. The van der Waals surface area contributed by atoms with Gasteiger partial charge in [-0.15, -0.1) is 0 Å². The summed E-state index contributed by atoms with van der Waals surface area (Å²) in [5, 5.41) is 3.26. The highest BCUT2D eigenvalue weighted by molar-refractivity contribution is 4.86. The summed E-state index contributed by atoms with van der Waals surface area (Å²) in [6.45, 7) is 0.789. The van der Waals surface area contributed by atoms with Crippen LogP contribution in [0, 0.1) is 11.8 Å². The molecule has 0 aromatic rings. The molecule has 0 amide bonds. The lowest BCUT2D eigenvalue weighted by Crippen LogP contribution is -2.46. The molecule has 0 aromatic heterocycles. The predicted octanol–water partition coefficient (Wildman–Crippen LogP) is 4.67. The molecule has 2 unspecified atom stereocenters. The fourth-order valence-electron chi connectivity index (χ4n) is 3.65. The summed E-state index contributed by atoms with van der Waals surface area (Å²) in [6.07, 6.45) is 6.12. The van der Waals surface area contributed by atoms with Gasteiger partial charge in [0.1, 0.15) is 0 Å². The maximum atomic E-state index is 13.0. The van der Waals surface area contributed by atoms with Gasteiger partial charge in [-0.1, -0.05) is 38.5 Å². The first-order valence-corrected chi connectivity index (χ1v) is 7.87. The van der Waals surface area contributed by atoms with Crippen molar-refractivity contribution < 1.29 is 13.2 Å². The number of hydrogen-bond donors (Lipinski definition) is 1. The summed E-state index contributed by atoms with van der Waals surface area (Å²) < 4.78 is 38.9. The molecule has 0 saturated heterocycles. The zero-order valence-electron chi connectivity index (χ0n) is 11.6. The Bertz CT molecular complexity index is 257. The van der Waals surface area contributed by atoms with Crippen LogP contribution in [0.2, 0.25) is 0 Å². The number of alkyl halides is 3. The first-order chi connectivity index (χ1) is 9.07. The van der Waals surface area contributed by atoms with Crippen LogP contribution in [0.25, 0.3) is 0 Å². The molecule has 4 heteroatoms. The van der Waals surface area contributed by atoms with Gasteiger partial charge in [-0.2, -0.15) is 13.2 Å². The topological polar surface area (TPSA) is 12.0 Å². The van der Waals surface area contributed by atoms with Crippen LogP contribution in [0.5, 0.6) is 0 Å². The van der Waals surface area contributed by atoms with Gasteiger partial charge in [0.05, 0.1) is 5.92 Å². The maximum Gasteiger partial charge on any atom is 0.393 e. The van der Waals surface area contributed by atoms with E-state index in [1.54, 1.807) is 0 Å². The van der Waals surface area contributed by atoms with Gasteiger partial charge in [-0.05, 0) is 38.1 Å². The SMILES string of the molecule is FC(F)(F)C1CCCCC1NCC1CCCCCC1. The second-order valence-electron chi connectivity index (χ2n) is 6.30. The van der Waals surface area contributed by atoms with E-state index >= 15 is 0 Å². The standard InChI is InChI=1S/C15H26F3N/c16-15(17,18)13-9-5-6-10-14(13)19-11-12-7-3-1-2-4-8-12/h12-14,19H,1-11H2. The maximum absolute atomic E-state index is 13.0. The van der Waals surface area contributed by atoms with E-state index < -0.39 is 12.1 Å². The van der Waals surface area contributed by atoms with E-state index in [2.05, 4.69) is 5.32 Å². The molecular weight excluding hydrogens is 251 g/mol. The molecule has 19 heavy (non-hydrogen) atoms. The third kappa shape index (κ3) is 4.66. The molecular formula is C15H26F3N. The molecule has 0 spiro atoms. The van der Waals surface area contributed by atoms with Crippen LogP contribution in [0.1, 0.15) is 64.2 Å². The van der Waals surface area contributed by atoms with Gasteiger partial charge in [0.15, 0.2) is 0 Å². The highest BCUT2D eigenvalue weighted by Crippen LogP contribution is 2.38. The van der Waals surface area contributed by atoms with E-state index in [4.69, 9.17) is 0 Å². The molecule has 0 aliphatic heterocycles. The zero-order valence-corrected chi connectivity index (χ0v) is 11.6. The Kier molecular flexibility index (Phi) is 5.55. The molecule has 1 N–H and O–H groups in total. The quantitative estimate of drug-likeness (QED) is 0.739. The average Bonchev–Trinajstić information content (AvgIpc) is 2.64. The third-order valence-electron chi connectivity index (χ3n) is 4.83. The smallest absolute Gasteiger partial charge is 0.313 e. The van der Waals surface area contributed by atoms with E-state index in [1.807, 2.05) is 0 Å². The minimum Gasteiger partial charge on any atom is -0.313 e. The number of hydrogen-bond acceptors (Lipinski definition) is 1. The summed E-state index contributed by atoms with van der Waals surface area (Å²) in [4.78, 5) is 0. The van der Waals surface area contributed by atoms with Crippen molar-refractivity contribution in [3.05, 3.63) is 0 Å². The van der Waals surface area contributed by atoms with Crippen LogP contribution in [0.4, 0.5) is 13.2 Å². The molecule has 0 heterocycles. The minimum atomic E-state index is -4.03. The molecule has 0 bridgehead atoms. The van der Waals surface area contributed by atoms with Crippen LogP contribution in [0.15, 0.2) is 0 Å². The zero-order chi connectivity index (χ0) is 13.7. The average molecular weight is 277 g/mol. The van der Waals surface area contributed by atoms with Crippen LogP contribution >= 0.6 is 0 Å². The van der Waals surface area contributed by atoms with Crippen LogP contribution in [-0.4, -0.2) is 18.8 Å². The molecule has 2 aliphatic rings. The minimum absolute atomic E-state index is 0.311. The third-order valence-corrected chi connectivity index (χ3v) is 4.83. The first-order valence-electron chi connectivity index (χ1n) is 7.87. The molecule has 0 aromatic carbocycles. The normalized spacial score (nSPS) is 31.1. The number of rotatable bonds is 3. The summed E-state index contributed by atoms with van der Waals surface area (Å²) in [5.74, 6) is -0.523. The van der Waals surface area contributed by atoms with E-state index in [0.29, 0.717) is 18.8 Å². The van der Waals surface area contributed by atoms with Crippen LogP contribution < -0.4 is 5.32 Å². The number of nitrogens with one attached hydrogen (secondary N) is 1. The molecule has 0 radical (unpaired) electrons. The fourth-order valence-corrected chi connectivity index (χ4v) is 3.65.